The van der Waals surface area contributed by atoms with Crippen molar-refractivity contribution in [2.24, 2.45) is 11.1 Å². The first-order valence-corrected chi connectivity index (χ1v) is 8.79. The van der Waals surface area contributed by atoms with Gasteiger partial charge >= 0.3 is 6.18 Å². The number of hydrogen-bond donors (Lipinski definition) is 2. The van der Waals surface area contributed by atoms with Gasteiger partial charge in [-0.3, -0.25) is 4.79 Å². The fourth-order valence-electron chi connectivity index (χ4n) is 2.81. The Balaban J connectivity index is 2.44. The van der Waals surface area contributed by atoms with Gasteiger partial charge in [-0.05, 0) is 31.0 Å². The third kappa shape index (κ3) is 3.99. The molecule has 0 aromatic heterocycles. The van der Waals surface area contributed by atoms with Crippen LogP contribution in [0.2, 0.25) is 0 Å². The Labute approximate surface area is 137 Å². The van der Waals surface area contributed by atoms with Crippen LogP contribution in [-0.4, -0.2) is 34.5 Å². The number of anilines is 1. The molecule has 0 saturated carbocycles. The van der Waals surface area contributed by atoms with E-state index in [0.29, 0.717) is 25.5 Å². The number of halogens is 3. The van der Waals surface area contributed by atoms with E-state index in [2.05, 4.69) is 5.32 Å². The molecule has 6 nitrogen and oxygen atoms in total. The van der Waals surface area contributed by atoms with Crippen molar-refractivity contribution in [3.8, 4) is 0 Å². The standard InChI is InChI=1S/C14H18F3N3O3S/c1-19-13(21)9-3-2-6-20(8-9)12-5-4-10(24(18,22)23)7-11(12)14(15,16)17/h4-5,7,9H,2-3,6,8H2,1H3,(H,19,21)(H2,18,22,23). The molecule has 1 saturated heterocycles. The molecule has 24 heavy (non-hydrogen) atoms. The summed E-state index contributed by atoms with van der Waals surface area (Å²) in [7, 11) is -2.77. The Bertz CT molecular complexity index is 735. The molecule has 10 heteroatoms. The largest absolute Gasteiger partial charge is 0.418 e. The predicted molar refractivity (Wildman–Crippen MR) is 81.8 cm³/mol. The summed E-state index contributed by atoms with van der Waals surface area (Å²) in [5.41, 5.74) is -1.23. The number of rotatable bonds is 3. The van der Waals surface area contributed by atoms with Crippen LogP contribution in [0.5, 0.6) is 0 Å². The molecule has 1 atom stereocenters. The minimum atomic E-state index is -4.74. The third-order valence-electron chi connectivity index (χ3n) is 3.98. The molecule has 134 valence electrons. The second-order valence-electron chi connectivity index (χ2n) is 5.62. The lowest BCUT2D eigenvalue weighted by Crippen LogP contribution is -2.42. The minimum Gasteiger partial charge on any atom is -0.370 e. The Morgan fingerprint density at radius 2 is 2.04 bits per heavy atom. The SMILES string of the molecule is CNC(=O)C1CCCN(c2ccc(S(N)(=O)=O)cc2C(F)(F)F)C1. The molecule has 1 aromatic carbocycles. The van der Waals surface area contributed by atoms with Crippen LogP contribution < -0.4 is 15.4 Å². The first-order valence-electron chi connectivity index (χ1n) is 7.24. The molecule has 1 aliphatic heterocycles. The lowest BCUT2D eigenvalue weighted by molar-refractivity contribution is -0.137. The first kappa shape index (κ1) is 18.5. The quantitative estimate of drug-likeness (QED) is 0.845. The summed E-state index contributed by atoms with van der Waals surface area (Å²) in [5.74, 6) is -0.642. The molecule has 1 unspecified atom stereocenters. The fourth-order valence-corrected chi connectivity index (χ4v) is 3.35. The number of sulfonamides is 1. The third-order valence-corrected chi connectivity index (χ3v) is 4.89. The summed E-state index contributed by atoms with van der Waals surface area (Å²) in [6, 6.07) is 2.67. The molecule has 1 aromatic rings. The van der Waals surface area contributed by atoms with E-state index in [-0.39, 0.29) is 18.1 Å². The van der Waals surface area contributed by atoms with Gasteiger partial charge in [0.1, 0.15) is 0 Å². The fraction of sp³-hybridized carbons (Fsp3) is 0.500. The highest BCUT2D eigenvalue weighted by molar-refractivity contribution is 7.89. The summed E-state index contributed by atoms with van der Waals surface area (Å²) >= 11 is 0. The van der Waals surface area contributed by atoms with Crippen LogP contribution in [0.25, 0.3) is 0 Å². The van der Waals surface area contributed by atoms with Crippen molar-refractivity contribution in [1.82, 2.24) is 5.32 Å². The van der Waals surface area contributed by atoms with Crippen LogP contribution >= 0.6 is 0 Å². The van der Waals surface area contributed by atoms with Crippen LogP contribution in [0.4, 0.5) is 18.9 Å². The second kappa shape index (κ2) is 6.60. The minimum absolute atomic E-state index is 0.136. The summed E-state index contributed by atoms with van der Waals surface area (Å²) in [6.45, 7) is 0.489. The van der Waals surface area contributed by atoms with E-state index in [4.69, 9.17) is 5.14 Å². The smallest absolute Gasteiger partial charge is 0.370 e. The number of benzene rings is 1. The maximum atomic E-state index is 13.4. The van der Waals surface area contributed by atoms with E-state index in [1.807, 2.05) is 0 Å². The molecule has 3 N–H and O–H groups in total. The number of nitrogens with two attached hydrogens (primary N) is 1. The van der Waals surface area contributed by atoms with Crippen molar-refractivity contribution in [3.63, 3.8) is 0 Å². The van der Waals surface area contributed by atoms with Crippen molar-refractivity contribution >= 4 is 21.6 Å². The zero-order chi connectivity index (χ0) is 18.1. The Kier molecular flexibility index (Phi) is 5.09. The number of carbonyl (C=O) groups excluding carboxylic acids is 1. The number of alkyl halides is 3. The van der Waals surface area contributed by atoms with Crippen molar-refractivity contribution in [3.05, 3.63) is 23.8 Å². The molecule has 0 bridgehead atoms. The maximum absolute atomic E-state index is 13.4. The van der Waals surface area contributed by atoms with Gasteiger partial charge < -0.3 is 10.2 Å². The van der Waals surface area contributed by atoms with Gasteiger partial charge in [-0.15, -0.1) is 0 Å². The molecule has 1 aliphatic rings. The molecule has 1 heterocycles. The number of piperidine rings is 1. The molecule has 0 radical (unpaired) electrons. The Morgan fingerprint density at radius 1 is 1.38 bits per heavy atom. The summed E-state index contributed by atoms with van der Waals surface area (Å²) in [6.07, 6.45) is -3.59. The van der Waals surface area contributed by atoms with Gasteiger partial charge in [-0.2, -0.15) is 13.2 Å². The summed E-state index contributed by atoms with van der Waals surface area (Å²) in [4.78, 5) is 12.6. The Morgan fingerprint density at radius 3 is 2.58 bits per heavy atom. The molecular formula is C14H18F3N3O3S. The first-order chi connectivity index (χ1) is 11.0. The average Bonchev–Trinajstić information content (AvgIpc) is 2.52. The van der Waals surface area contributed by atoms with Gasteiger partial charge in [0.05, 0.1) is 16.4 Å². The molecule has 1 amide bonds. The summed E-state index contributed by atoms with van der Waals surface area (Å²) < 4.78 is 62.7. The van der Waals surface area contributed by atoms with Gasteiger partial charge in [0.15, 0.2) is 0 Å². The van der Waals surface area contributed by atoms with Crippen LogP contribution in [0.15, 0.2) is 23.1 Å². The number of primary sulfonamides is 1. The van der Waals surface area contributed by atoms with E-state index in [1.54, 1.807) is 0 Å². The van der Waals surface area contributed by atoms with Gasteiger partial charge in [0.25, 0.3) is 0 Å². The number of amides is 1. The zero-order valence-corrected chi connectivity index (χ0v) is 13.7. The van der Waals surface area contributed by atoms with Crippen molar-refractivity contribution in [1.29, 1.82) is 0 Å². The highest BCUT2D eigenvalue weighted by atomic mass is 32.2. The highest BCUT2D eigenvalue weighted by Crippen LogP contribution is 2.39. The van der Waals surface area contributed by atoms with Crippen molar-refractivity contribution < 1.29 is 26.4 Å². The number of hydrogen-bond acceptors (Lipinski definition) is 4. The summed E-state index contributed by atoms with van der Waals surface area (Å²) in [5, 5.41) is 7.41. The lowest BCUT2D eigenvalue weighted by Gasteiger charge is -2.35. The van der Waals surface area contributed by atoms with Gasteiger partial charge in [0, 0.05) is 25.8 Å². The molecule has 0 spiro atoms. The van der Waals surface area contributed by atoms with Gasteiger partial charge in [-0.1, -0.05) is 0 Å². The van der Waals surface area contributed by atoms with E-state index in [9.17, 15) is 26.4 Å². The maximum Gasteiger partial charge on any atom is 0.418 e. The van der Waals surface area contributed by atoms with Crippen molar-refractivity contribution in [2.75, 3.05) is 25.0 Å². The van der Waals surface area contributed by atoms with E-state index in [0.717, 1.165) is 12.1 Å². The van der Waals surface area contributed by atoms with E-state index >= 15 is 0 Å². The van der Waals surface area contributed by atoms with E-state index in [1.165, 1.54) is 11.9 Å². The molecule has 0 aliphatic carbocycles. The topological polar surface area (TPSA) is 92.5 Å². The number of carbonyl (C=O) groups is 1. The van der Waals surface area contributed by atoms with Crippen LogP contribution in [0, 0.1) is 5.92 Å². The molecule has 2 rings (SSSR count). The van der Waals surface area contributed by atoms with Crippen molar-refractivity contribution in [2.45, 2.75) is 23.9 Å². The normalized spacial score (nSPS) is 19.2. The zero-order valence-electron chi connectivity index (χ0n) is 12.9. The average molecular weight is 365 g/mol. The monoisotopic (exact) mass is 365 g/mol. The van der Waals surface area contributed by atoms with Gasteiger partial charge in [-0.25, -0.2) is 13.6 Å². The predicted octanol–water partition coefficient (Wildman–Crippen LogP) is 1.32. The van der Waals surface area contributed by atoms with Crippen LogP contribution in [0.1, 0.15) is 18.4 Å². The highest BCUT2D eigenvalue weighted by Gasteiger charge is 2.37. The molecule has 1 fully saturated rings. The Hall–Kier alpha value is -1.81. The lowest BCUT2D eigenvalue weighted by atomic mass is 9.96. The molecular weight excluding hydrogens is 347 g/mol. The number of nitrogens with zero attached hydrogens (tertiary/aromatic N) is 1. The van der Waals surface area contributed by atoms with E-state index < -0.39 is 32.6 Å². The van der Waals surface area contributed by atoms with Crippen LogP contribution in [0.3, 0.4) is 0 Å². The van der Waals surface area contributed by atoms with Gasteiger partial charge in [0.2, 0.25) is 15.9 Å². The number of nitrogens with one attached hydrogen (secondary N) is 1. The van der Waals surface area contributed by atoms with Crippen LogP contribution in [-0.2, 0) is 21.0 Å². The second-order valence-corrected chi connectivity index (χ2v) is 7.18.